The minimum Gasteiger partial charge on any atom is -0.399 e. The van der Waals surface area contributed by atoms with Crippen molar-refractivity contribution in [1.82, 2.24) is 4.90 Å². The standard InChI is InChI=1S/C12H15FN2O2/c1-12(17)2-3-15(7-12)11(16)8-4-9(13)6-10(14)5-8/h4-6,17H,2-3,7,14H2,1H3. The molecule has 1 unspecified atom stereocenters. The van der Waals surface area contributed by atoms with Crippen molar-refractivity contribution >= 4 is 11.6 Å². The summed E-state index contributed by atoms with van der Waals surface area (Å²) >= 11 is 0. The molecule has 0 spiro atoms. The van der Waals surface area contributed by atoms with Crippen molar-refractivity contribution in [2.24, 2.45) is 0 Å². The summed E-state index contributed by atoms with van der Waals surface area (Å²) in [5.74, 6) is -0.826. The Morgan fingerprint density at radius 2 is 2.24 bits per heavy atom. The first-order valence-corrected chi connectivity index (χ1v) is 5.45. The normalized spacial score (nSPS) is 24.1. The number of nitrogens with two attached hydrogens (primary N) is 1. The van der Waals surface area contributed by atoms with Crippen molar-refractivity contribution in [1.29, 1.82) is 0 Å². The Balaban J connectivity index is 2.20. The minimum absolute atomic E-state index is 0.222. The maximum Gasteiger partial charge on any atom is 0.254 e. The first-order chi connectivity index (χ1) is 7.87. The lowest BCUT2D eigenvalue weighted by Gasteiger charge is -2.19. The molecule has 92 valence electrons. The number of benzene rings is 1. The van der Waals surface area contributed by atoms with Gasteiger partial charge in [-0.2, -0.15) is 0 Å². The molecule has 5 heteroatoms. The number of aliphatic hydroxyl groups is 1. The zero-order valence-electron chi connectivity index (χ0n) is 9.61. The van der Waals surface area contributed by atoms with Gasteiger partial charge in [0.1, 0.15) is 5.82 Å². The Bertz CT molecular complexity index is 440. The molecule has 0 aliphatic carbocycles. The van der Waals surface area contributed by atoms with E-state index in [0.717, 1.165) is 12.1 Å². The van der Waals surface area contributed by atoms with Crippen molar-refractivity contribution in [3.8, 4) is 0 Å². The number of carbonyl (C=O) groups excluding carboxylic acids is 1. The number of nitrogens with zero attached hydrogens (tertiary/aromatic N) is 1. The van der Waals surface area contributed by atoms with Crippen LogP contribution in [0.15, 0.2) is 18.2 Å². The molecule has 0 bridgehead atoms. The van der Waals surface area contributed by atoms with Gasteiger partial charge in [-0.3, -0.25) is 4.79 Å². The highest BCUT2D eigenvalue weighted by Gasteiger charge is 2.34. The molecule has 0 aromatic heterocycles. The van der Waals surface area contributed by atoms with Crippen LogP contribution in [0.4, 0.5) is 10.1 Å². The van der Waals surface area contributed by atoms with Crippen LogP contribution in [0.5, 0.6) is 0 Å². The number of halogens is 1. The molecule has 1 aliphatic heterocycles. The van der Waals surface area contributed by atoms with E-state index in [1.165, 1.54) is 11.0 Å². The molecule has 0 radical (unpaired) electrons. The van der Waals surface area contributed by atoms with Crippen LogP contribution in [-0.2, 0) is 0 Å². The van der Waals surface area contributed by atoms with Gasteiger partial charge in [-0.05, 0) is 31.5 Å². The lowest BCUT2D eigenvalue weighted by molar-refractivity contribution is 0.0572. The SMILES string of the molecule is CC1(O)CCN(C(=O)c2cc(N)cc(F)c2)C1. The molecule has 1 fully saturated rings. The van der Waals surface area contributed by atoms with Gasteiger partial charge in [-0.1, -0.05) is 0 Å². The van der Waals surface area contributed by atoms with Crippen molar-refractivity contribution in [2.45, 2.75) is 18.9 Å². The number of carbonyl (C=O) groups is 1. The summed E-state index contributed by atoms with van der Waals surface area (Å²) in [5.41, 5.74) is 5.08. The number of amides is 1. The van der Waals surface area contributed by atoms with Gasteiger partial charge in [0.05, 0.1) is 5.60 Å². The maximum absolute atomic E-state index is 13.1. The summed E-state index contributed by atoms with van der Waals surface area (Å²) in [6.07, 6.45) is 0.531. The quantitative estimate of drug-likeness (QED) is 0.717. The molecule has 17 heavy (non-hydrogen) atoms. The van der Waals surface area contributed by atoms with Crippen LogP contribution >= 0.6 is 0 Å². The van der Waals surface area contributed by atoms with E-state index in [0.29, 0.717) is 13.0 Å². The highest BCUT2D eigenvalue weighted by Crippen LogP contribution is 2.23. The van der Waals surface area contributed by atoms with E-state index in [-0.39, 0.29) is 23.7 Å². The van der Waals surface area contributed by atoms with Gasteiger partial charge < -0.3 is 15.7 Å². The smallest absolute Gasteiger partial charge is 0.254 e. The van der Waals surface area contributed by atoms with E-state index >= 15 is 0 Å². The molecule has 4 nitrogen and oxygen atoms in total. The molecular formula is C12H15FN2O2. The monoisotopic (exact) mass is 238 g/mol. The molecule has 2 rings (SSSR count). The maximum atomic E-state index is 13.1. The first-order valence-electron chi connectivity index (χ1n) is 5.45. The van der Waals surface area contributed by atoms with Crippen molar-refractivity contribution < 1.29 is 14.3 Å². The molecule has 1 atom stereocenters. The lowest BCUT2D eigenvalue weighted by atomic mass is 10.1. The summed E-state index contributed by atoms with van der Waals surface area (Å²) < 4.78 is 13.1. The zero-order chi connectivity index (χ0) is 12.6. The Labute approximate surface area is 98.8 Å². The van der Waals surface area contributed by atoms with Gasteiger partial charge in [-0.25, -0.2) is 4.39 Å². The topological polar surface area (TPSA) is 66.6 Å². The van der Waals surface area contributed by atoms with Crippen LogP contribution in [0.1, 0.15) is 23.7 Å². The number of anilines is 1. The number of hydrogen-bond acceptors (Lipinski definition) is 3. The third-order valence-electron chi connectivity index (χ3n) is 2.91. The molecule has 1 heterocycles. The second kappa shape index (κ2) is 4.00. The average molecular weight is 238 g/mol. The van der Waals surface area contributed by atoms with E-state index in [1.807, 2.05) is 0 Å². The number of rotatable bonds is 1. The van der Waals surface area contributed by atoms with Crippen LogP contribution in [0.25, 0.3) is 0 Å². The van der Waals surface area contributed by atoms with E-state index < -0.39 is 11.4 Å². The van der Waals surface area contributed by atoms with Gasteiger partial charge in [0.2, 0.25) is 0 Å². The Morgan fingerprint density at radius 1 is 1.53 bits per heavy atom. The highest BCUT2D eigenvalue weighted by atomic mass is 19.1. The molecular weight excluding hydrogens is 223 g/mol. The summed E-state index contributed by atoms with van der Waals surface area (Å²) in [6, 6.07) is 3.76. The molecule has 1 amide bonds. The Morgan fingerprint density at radius 3 is 2.76 bits per heavy atom. The third kappa shape index (κ3) is 2.55. The second-order valence-electron chi connectivity index (χ2n) is 4.75. The van der Waals surface area contributed by atoms with E-state index in [4.69, 9.17) is 5.73 Å². The number of hydrogen-bond donors (Lipinski definition) is 2. The van der Waals surface area contributed by atoms with E-state index in [9.17, 15) is 14.3 Å². The Hall–Kier alpha value is -1.62. The number of likely N-dealkylation sites (tertiary alicyclic amines) is 1. The van der Waals surface area contributed by atoms with Crippen LogP contribution in [-0.4, -0.2) is 34.6 Å². The average Bonchev–Trinajstić information content (AvgIpc) is 2.56. The third-order valence-corrected chi connectivity index (χ3v) is 2.91. The molecule has 3 N–H and O–H groups in total. The van der Waals surface area contributed by atoms with Crippen LogP contribution < -0.4 is 5.73 Å². The minimum atomic E-state index is -0.853. The molecule has 1 aliphatic rings. The summed E-state index contributed by atoms with van der Waals surface area (Å²) in [7, 11) is 0. The fraction of sp³-hybridized carbons (Fsp3) is 0.417. The van der Waals surface area contributed by atoms with E-state index in [2.05, 4.69) is 0 Å². The van der Waals surface area contributed by atoms with Gasteiger partial charge in [0.25, 0.3) is 5.91 Å². The molecule has 1 saturated heterocycles. The Kier molecular flexibility index (Phi) is 2.79. The zero-order valence-corrected chi connectivity index (χ0v) is 9.61. The highest BCUT2D eigenvalue weighted by molar-refractivity contribution is 5.95. The van der Waals surface area contributed by atoms with Crippen molar-refractivity contribution in [3.63, 3.8) is 0 Å². The molecule has 1 aromatic carbocycles. The fourth-order valence-electron chi connectivity index (χ4n) is 2.04. The first kappa shape index (κ1) is 11.9. The largest absolute Gasteiger partial charge is 0.399 e. The van der Waals surface area contributed by atoms with Crippen molar-refractivity contribution in [3.05, 3.63) is 29.6 Å². The summed E-state index contributed by atoms with van der Waals surface area (Å²) in [6.45, 7) is 2.42. The van der Waals surface area contributed by atoms with Crippen molar-refractivity contribution in [2.75, 3.05) is 18.8 Å². The number of β-amino-alcohol motifs (C(OH)–C–C–N with tert-alkyl or cyclic N) is 1. The fourth-order valence-corrected chi connectivity index (χ4v) is 2.04. The molecule has 0 saturated carbocycles. The van der Waals surface area contributed by atoms with Crippen LogP contribution in [0, 0.1) is 5.82 Å². The van der Waals surface area contributed by atoms with Crippen LogP contribution in [0.2, 0.25) is 0 Å². The van der Waals surface area contributed by atoms with Gasteiger partial charge in [0, 0.05) is 24.3 Å². The predicted octanol–water partition coefficient (Wildman–Crippen LogP) is 1.00. The second-order valence-corrected chi connectivity index (χ2v) is 4.75. The molecule has 1 aromatic rings. The summed E-state index contributed by atoms with van der Waals surface area (Å²) in [4.78, 5) is 13.5. The predicted molar refractivity (Wildman–Crippen MR) is 62.0 cm³/mol. The van der Waals surface area contributed by atoms with Gasteiger partial charge in [-0.15, -0.1) is 0 Å². The lowest BCUT2D eigenvalue weighted by Crippen LogP contribution is -2.33. The number of nitrogen functional groups attached to an aromatic ring is 1. The van der Waals surface area contributed by atoms with Crippen LogP contribution in [0.3, 0.4) is 0 Å². The van der Waals surface area contributed by atoms with Gasteiger partial charge >= 0.3 is 0 Å². The summed E-state index contributed by atoms with van der Waals surface area (Å²) in [5, 5.41) is 9.78. The van der Waals surface area contributed by atoms with E-state index in [1.54, 1.807) is 6.92 Å². The van der Waals surface area contributed by atoms with Gasteiger partial charge in [0.15, 0.2) is 0 Å².